The molecule has 0 bridgehead atoms. The van der Waals surface area contributed by atoms with Gasteiger partial charge in [-0.3, -0.25) is 0 Å². The molecule has 1 heteroatoms. The van der Waals surface area contributed by atoms with Gasteiger partial charge in [-0.2, -0.15) is 0 Å². The molecule has 0 atom stereocenters. The van der Waals surface area contributed by atoms with Gasteiger partial charge in [-0.15, -0.1) is 0 Å². The molecule has 0 unspecified atom stereocenters. The lowest BCUT2D eigenvalue weighted by Crippen LogP contribution is -2.17. The summed E-state index contributed by atoms with van der Waals surface area (Å²) in [6.07, 6.45) is 3.49. The van der Waals surface area contributed by atoms with Crippen LogP contribution in [0, 0.1) is 5.41 Å². The molecule has 0 aromatic heterocycles. The Hall–Kier alpha value is -0.820. The van der Waals surface area contributed by atoms with Crippen LogP contribution in [0.4, 0.5) is 0 Å². The SMILES string of the molecule is CC(C)(CCN)CCc1ccccc1. The van der Waals surface area contributed by atoms with Gasteiger partial charge in [0.05, 0.1) is 0 Å². The molecule has 1 aromatic rings. The van der Waals surface area contributed by atoms with E-state index < -0.39 is 0 Å². The molecule has 78 valence electrons. The van der Waals surface area contributed by atoms with E-state index in [9.17, 15) is 0 Å². The molecule has 0 aliphatic rings. The van der Waals surface area contributed by atoms with Crippen molar-refractivity contribution in [1.29, 1.82) is 0 Å². The zero-order valence-corrected chi connectivity index (χ0v) is 9.29. The van der Waals surface area contributed by atoms with E-state index in [2.05, 4.69) is 44.2 Å². The summed E-state index contributed by atoms with van der Waals surface area (Å²) in [5.41, 5.74) is 7.39. The summed E-state index contributed by atoms with van der Waals surface area (Å²) < 4.78 is 0. The molecule has 0 saturated carbocycles. The van der Waals surface area contributed by atoms with Crippen molar-refractivity contribution in [1.82, 2.24) is 0 Å². The summed E-state index contributed by atoms with van der Waals surface area (Å²) in [7, 11) is 0. The smallest absolute Gasteiger partial charge is 0.00722 e. The van der Waals surface area contributed by atoms with E-state index in [1.165, 1.54) is 12.0 Å². The highest BCUT2D eigenvalue weighted by Crippen LogP contribution is 2.26. The molecule has 1 nitrogen and oxygen atoms in total. The molecule has 14 heavy (non-hydrogen) atoms. The van der Waals surface area contributed by atoms with Crippen molar-refractivity contribution in [3.63, 3.8) is 0 Å². The summed E-state index contributed by atoms with van der Waals surface area (Å²) in [6, 6.07) is 10.7. The van der Waals surface area contributed by atoms with E-state index in [-0.39, 0.29) is 0 Å². The van der Waals surface area contributed by atoms with Crippen LogP contribution in [-0.4, -0.2) is 6.54 Å². The predicted molar refractivity (Wildman–Crippen MR) is 62.2 cm³/mol. The minimum atomic E-state index is 0.380. The average Bonchev–Trinajstić information content (AvgIpc) is 2.17. The molecule has 0 amide bonds. The summed E-state index contributed by atoms with van der Waals surface area (Å²) in [5.74, 6) is 0. The number of hydrogen-bond donors (Lipinski definition) is 1. The maximum absolute atomic E-state index is 5.58. The monoisotopic (exact) mass is 191 g/mol. The molecule has 0 saturated heterocycles. The van der Waals surface area contributed by atoms with Crippen LogP contribution in [0.3, 0.4) is 0 Å². The molecule has 1 aromatic carbocycles. The molecule has 0 aliphatic carbocycles. The topological polar surface area (TPSA) is 26.0 Å². The van der Waals surface area contributed by atoms with Gasteiger partial charge in [0.25, 0.3) is 0 Å². The van der Waals surface area contributed by atoms with Crippen molar-refractivity contribution in [2.75, 3.05) is 6.54 Å². The molecule has 0 heterocycles. The third-order valence-corrected chi connectivity index (χ3v) is 2.75. The van der Waals surface area contributed by atoms with Crippen molar-refractivity contribution >= 4 is 0 Å². The summed E-state index contributed by atoms with van der Waals surface area (Å²) in [5, 5.41) is 0. The highest BCUT2D eigenvalue weighted by atomic mass is 14.5. The highest BCUT2D eigenvalue weighted by Gasteiger charge is 2.15. The molecule has 1 rings (SSSR count). The van der Waals surface area contributed by atoms with Crippen molar-refractivity contribution < 1.29 is 0 Å². The van der Waals surface area contributed by atoms with Crippen LogP contribution in [0.1, 0.15) is 32.3 Å². The molecule has 2 N–H and O–H groups in total. The van der Waals surface area contributed by atoms with E-state index in [0.29, 0.717) is 5.41 Å². The Morgan fingerprint density at radius 2 is 1.71 bits per heavy atom. The fourth-order valence-electron chi connectivity index (χ4n) is 1.64. The Bertz CT molecular complexity index is 251. The van der Waals surface area contributed by atoms with Gasteiger partial charge in [0, 0.05) is 0 Å². The first kappa shape index (κ1) is 11.3. The molecule has 0 spiro atoms. The van der Waals surface area contributed by atoms with Gasteiger partial charge in [0.1, 0.15) is 0 Å². The normalized spacial score (nSPS) is 11.6. The quantitative estimate of drug-likeness (QED) is 0.760. The van der Waals surface area contributed by atoms with Crippen LogP contribution in [0.25, 0.3) is 0 Å². The minimum Gasteiger partial charge on any atom is -0.330 e. The Morgan fingerprint density at radius 1 is 1.07 bits per heavy atom. The van der Waals surface area contributed by atoms with Gasteiger partial charge >= 0.3 is 0 Å². The number of hydrogen-bond acceptors (Lipinski definition) is 1. The van der Waals surface area contributed by atoms with Crippen molar-refractivity contribution in [3.8, 4) is 0 Å². The third-order valence-electron chi connectivity index (χ3n) is 2.75. The van der Waals surface area contributed by atoms with Crippen LogP contribution >= 0.6 is 0 Å². The van der Waals surface area contributed by atoms with Crippen LogP contribution < -0.4 is 5.73 Å². The second-order valence-corrected chi connectivity index (χ2v) is 4.69. The highest BCUT2D eigenvalue weighted by molar-refractivity contribution is 5.14. The second kappa shape index (κ2) is 5.16. The number of aryl methyl sites for hydroxylation is 1. The van der Waals surface area contributed by atoms with Crippen LogP contribution in [0.2, 0.25) is 0 Å². The lowest BCUT2D eigenvalue weighted by atomic mass is 9.83. The molecular weight excluding hydrogens is 170 g/mol. The Labute approximate surface area is 87.3 Å². The van der Waals surface area contributed by atoms with Crippen LogP contribution in [-0.2, 0) is 6.42 Å². The van der Waals surface area contributed by atoms with Crippen LogP contribution in [0.15, 0.2) is 30.3 Å². The molecule has 0 radical (unpaired) electrons. The number of nitrogens with two attached hydrogens (primary N) is 1. The second-order valence-electron chi connectivity index (χ2n) is 4.69. The Balaban J connectivity index is 2.40. The van der Waals surface area contributed by atoms with Gasteiger partial charge in [-0.1, -0.05) is 44.2 Å². The van der Waals surface area contributed by atoms with Crippen molar-refractivity contribution in [3.05, 3.63) is 35.9 Å². The molecule has 0 fully saturated rings. The predicted octanol–water partition coefficient (Wildman–Crippen LogP) is 2.99. The lowest BCUT2D eigenvalue weighted by molar-refractivity contribution is 0.313. The van der Waals surface area contributed by atoms with E-state index in [1.807, 2.05) is 0 Å². The summed E-state index contributed by atoms with van der Waals surface area (Å²) in [4.78, 5) is 0. The maximum atomic E-state index is 5.58. The minimum absolute atomic E-state index is 0.380. The van der Waals surface area contributed by atoms with Crippen molar-refractivity contribution in [2.24, 2.45) is 11.1 Å². The molecular formula is C13H21N. The van der Waals surface area contributed by atoms with Gasteiger partial charge in [0.2, 0.25) is 0 Å². The lowest BCUT2D eigenvalue weighted by Gasteiger charge is -2.23. The zero-order valence-electron chi connectivity index (χ0n) is 9.29. The maximum Gasteiger partial charge on any atom is -0.00722 e. The van der Waals surface area contributed by atoms with E-state index in [1.54, 1.807) is 0 Å². The Morgan fingerprint density at radius 3 is 2.29 bits per heavy atom. The van der Waals surface area contributed by atoms with Crippen molar-refractivity contribution in [2.45, 2.75) is 33.1 Å². The Kier molecular flexibility index (Phi) is 4.15. The van der Waals surface area contributed by atoms with Gasteiger partial charge in [-0.25, -0.2) is 0 Å². The van der Waals surface area contributed by atoms with Gasteiger partial charge in [0.15, 0.2) is 0 Å². The first-order valence-corrected chi connectivity index (χ1v) is 5.38. The van der Waals surface area contributed by atoms with Gasteiger partial charge in [-0.05, 0) is 36.8 Å². The van der Waals surface area contributed by atoms with Gasteiger partial charge < -0.3 is 5.73 Å². The first-order chi connectivity index (χ1) is 6.64. The number of benzene rings is 1. The fourth-order valence-corrected chi connectivity index (χ4v) is 1.64. The number of rotatable bonds is 5. The van der Waals surface area contributed by atoms with Crippen LogP contribution in [0.5, 0.6) is 0 Å². The van der Waals surface area contributed by atoms with E-state index in [0.717, 1.165) is 19.4 Å². The summed E-state index contributed by atoms with van der Waals surface area (Å²) in [6.45, 7) is 5.38. The first-order valence-electron chi connectivity index (χ1n) is 5.38. The average molecular weight is 191 g/mol. The molecule has 0 aliphatic heterocycles. The third kappa shape index (κ3) is 3.93. The van der Waals surface area contributed by atoms with E-state index >= 15 is 0 Å². The standard InChI is InChI=1S/C13H21N/c1-13(2,10-11-14)9-8-12-6-4-3-5-7-12/h3-7H,8-11,14H2,1-2H3. The summed E-state index contributed by atoms with van der Waals surface area (Å²) >= 11 is 0. The fraction of sp³-hybridized carbons (Fsp3) is 0.538. The van der Waals surface area contributed by atoms with E-state index in [4.69, 9.17) is 5.73 Å². The zero-order chi connectivity index (χ0) is 10.4. The largest absolute Gasteiger partial charge is 0.330 e.